The molecule has 3 nitrogen and oxygen atoms in total. The standard InChI is InChI=1S/C12H24N2O/c1-3-7-15-12-5-4-6-14(10-12)9-11(2)8-13/h12H,2-10,13H2,1H3. The fourth-order valence-electron chi connectivity index (χ4n) is 1.96. The maximum atomic E-state index is 5.77. The van der Waals surface area contributed by atoms with E-state index in [9.17, 15) is 0 Å². The van der Waals surface area contributed by atoms with Gasteiger partial charge in [0.05, 0.1) is 6.10 Å². The molecule has 15 heavy (non-hydrogen) atoms. The minimum atomic E-state index is 0.421. The van der Waals surface area contributed by atoms with Crippen molar-refractivity contribution in [1.29, 1.82) is 0 Å². The Bertz CT molecular complexity index is 194. The number of hydrogen-bond donors (Lipinski definition) is 1. The molecule has 1 saturated heterocycles. The molecule has 0 aromatic rings. The molecule has 3 heteroatoms. The lowest BCUT2D eigenvalue weighted by atomic mass is 10.1. The summed E-state index contributed by atoms with van der Waals surface area (Å²) in [7, 11) is 0. The van der Waals surface area contributed by atoms with Crippen molar-refractivity contribution in [3.05, 3.63) is 12.2 Å². The monoisotopic (exact) mass is 212 g/mol. The lowest BCUT2D eigenvalue weighted by Crippen LogP contribution is -2.41. The first-order chi connectivity index (χ1) is 7.26. The minimum absolute atomic E-state index is 0.421. The van der Waals surface area contributed by atoms with Gasteiger partial charge in [0.15, 0.2) is 0 Å². The van der Waals surface area contributed by atoms with Crippen LogP contribution in [0, 0.1) is 0 Å². The third kappa shape index (κ3) is 4.78. The van der Waals surface area contributed by atoms with Gasteiger partial charge in [0.2, 0.25) is 0 Å². The molecule has 0 spiro atoms. The summed E-state index contributed by atoms with van der Waals surface area (Å²) in [6.45, 7) is 10.7. The first kappa shape index (κ1) is 12.7. The van der Waals surface area contributed by atoms with Crippen LogP contribution in [0.4, 0.5) is 0 Å². The van der Waals surface area contributed by atoms with Crippen molar-refractivity contribution < 1.29 is 4.74 Å². The summed E-state index contributed by atoms with van der Waals surface area (Å²) in [5.41, 5.74) is 6.66. The van der Waals surface area contributed by atoms with Crippen LogP contribution in [0.1, 0.15) is 26.2 Å². The maximum absolute atomic E-state index is 5.77. The normalized spacial score (nSPS) is 22.9. The third-order valence-electron chi connectivity index (χ3n) is 2.76. The Hall–Kier alpha value is -0.380. The average molecular weight is 212 g/mol. The van der Waals surface area contributed by atoms with E-state index < -0.39 is 0 Å². The fraction of sp³-hybridized carbons (Fsp3) is 0.833. The topological polar surface area (TPSA) is 38.5 Å². The largest absolute Gasteiger partial charge is 0.377 e. The molecule has 0 saturated carbocycles. The third-order valence-corrected chi connectivity index (χ3v) is 2.76. The van der Waals surface area contributed by atoms with Gasteiger partial charge < -0.3 is 10.5 Å². The Morgan fingerprint density at radius 1 is 1.60 bits per heavy atom. The second kappa shape index (κ2) is 6.99. The Morgan fingerprint density at radius 2 is 2.40 bits per heavy atom. The van der Waals surface area contributed by atoms with E-state index >= 15 is 0 Å². The van der Waals surface area contributed by atoms with E-state index in [0.29, 0.717) is 12.6 Å². The quantitative estimate of drug-likeness (QED) is 0.676. The second-order valence-electron chi connectivity index (χ2n) is 4.32. The molecule has 1 fully saturated rings. The summed E-state index contributed by atoms with van der Waals surface area (Å²) in [6, 6.07) is 0. The zero-order chi connectivity index (χ0) is 11.1. The van der Waals surface area contributed by atoms with Gasteiger partial charge in [-0.1, -0.05) is 13.5 Å². The van der Waals surface area contributed by atoms with Gasteiger partial charge in [-0.25, -0.2) is 0 Å². The number of rotatable bonds is 6. The highest BCUT2D eigenvalue weighted by atomic mass is 16.5. The Balaban J connectivity index is 2.25. The molecule has 0 bridgehead atoms. The van der Waals surface area contributed by atoms with Gasteiger partial charge in [0.25, 0.3) is 0 Å². The molecule has 0 aromatic carbocycles. The van der Waals surface area contributed by atoms with Crippen LogP contribution >= 0.6 is 0 Å². The van der Waals surface area contributed by atoms with Gasteiger partial charge in [0, 0.05) is 26.2 Å². The lowest BCUT2D eigenvalue weighted by Gasteiger charge is -2.32. The van der Waals surface area contributed by atoms with Gasteiger partial charge in [0.1, 0.15) is 0 Å². The van der Waals surface area contributed by atoms with Crippen LogP contribution < -0.4 is 5.73 Å². The summed E-state index contributed by atoms with van der Waals surface area (Å²) in [6.07, 6.45) is 3.95. The summed E-state index contributed by atoms with van der Waals surface area (Å²) < 4.78 is 5.77. The molecule has 1 unspecified atom stereocenters. The molecular formula is C12H24N2O. The van der Waals surface area contributed by atoms with Crippen LogP contribution in [-0.4, -0.2) is 43.8 Å². The molecule has 0 radical (unpaired) electrons. The number of nitrogens with zero attached hydrogens (tertiary/aromatic N) is 1. The number of likely N-dealkylation sites (tertiary alicyclic amines) is 1. The maximum Gasteiger partial charge on any atom is 0.0702 e. The molecule has 0 aliphatic carbocycles. The summed E-state index contributed by atoms with van der Waals surface area (Å²) in [4.78, 5) is 2.40. The van der Waals surface area contributed by atoms with Gasteiger partial charge in [-0.15, -0.1) is 0 Å². The van der Waals surface area contributed by atoms with Crippen molar-refractivity contribution in [2.75, 3.05) is 32.8 Å². The van der Waals surface area contributed by atoms with Gasteiger partial charge in [-0.05, 0) is 31.4 Å². The van der Waals surface area contributed by atoms with Crippen LogP contribution in [0.2, 0.25) is 0 Å². The van der Waals surface area contributed by atoms with E-state index in [-0.39, 0.29) is 0 Å². The van der Waals surface area contributed by atoms with Crippen molar-refractivity contribution in [1.82, 2.24) is 4.90 Å². The fourth-order valence-corrected chi connectivity index (χ4v) is 1.96. The van der Waals surface area contributed by atoms with Crippen molar-refractivity contribution in [2.45, 2.75) is 32.3 Å². The van der Waals surface area contributed by atoms with Gasteiger partial charge in [-0.3, -0.25) is 4.90 Å². The van der Waals surface area contributed by atoms with E-state index in [4.69, 9.17) is 10.5 Å². The van der Waals surface area contributed by atoms with Crippen LogP contribution in [-0.2, 0) is 4.74 Å². The first-order valence-electron chi connectivity index (χ1n) is 5.97. The van der Waals surface area contributed by atoms with Crippen LogP contribution in [0.5, 0.6) is 0 Å². The zero-order valence-corrected chi connectivity index (χ0v) is 9.87. The molecule has 2 N–H and O–H groups in total. The van der Waals surface area contributed by atoms with E-state index in [0.717, 1.165) is 38.2 Å². The molecule has 1 heterocycles. The van der Waals surface area contributed by atoms with Crippen molar-refractivity contribution in [3.8, 4) is 0 Å². The van der Waals surface area contributed by atoms with Crippen LogP contribution in [0.3, 0.4) is 0 Å². The summed E-state index contributed by atoms with van der Waals surface area (Å²) in [5.74, 6) is 0. The van der Waals surface area contributed by atoms with Crippen molar-refractivity contribution >= 4 is 0 Å². The minimum Gasteiger partial charge on any atom is -0.377 e. The highest BCUT2D eigenvalue weighted by Crippen LogP contribution is 2.14. The Morgan fingerprint density at radius 3 is 3.07 bits per heavy atom. The molecule has 0 amide bonds. The number of ether oxygens (including phenoxy) is 1. The highest BCUT2D eigenvalue weighted by Gasteiger charge is 2.19. The summed E-state index contributed by atoms with van der Waals surface area (Å²) >= 11 is 0. The second-order valence-corrected chi connectivity index (χ2v) is 4.32. The molecule has 0 aromatic heterocycles. The summed E-state index contributed by atoms with van der Waals surface area (Å²) in [5, 5.41) is 0. The van der Waals surface area contributed by atoms with Crippen molar-refractivity contribution in [3.63, 3.8) is 0 Å². The molecule has 1 rings (SSSR count). The highest BCUT2D eigenvalue weighted by molar-refractivity contribution is 4.99. The number of piperidine rings is 1. The predicted molar refractivity (Wildman–Crippen MR) is 63.9 cm³/mol. The number of hydrogen-bond acceptors (Lipinski definition) is 3. The first-order valence-corrected chi connectivity index (χ1v) is 5.97. The molecule has 1 aliphatic rings. The molecular weight excluding hydrogens is 188 g/mol. The lowest BCUT2D eigenvalue weighted by molar-refractivity contribution is 0.00242. The van der Waals surface area contributed by atoms with E-state index in [1.807, 2.05) is 0 Å². The van der Waals surface area contributed by atoms with Crippen LogP contribution in [0.15, 0.2) is 12.2 Å². The molecule has 88 valence electrons. The van der Waals surface area contributed by atoms with E-state index in [1.54, 1.807) is 0 Å². The van der Waals surface area contributed by atoms with E-state index in [2.05, 4.69) is 18.4 Å². The van der Waals surface area contributed by atoms with Crippen molar-refractivity contribution in [2.24, 2.45) is 5.73 Å². The average Bonchev–Trinajstić information content (AvgIpc) is 2.26. The smallest absolute Gasteiger partial charge is 0.0702 e. The van der Waals surface area contributed by atoms with Gasteiger partial charge >= 0.3 is 0 Å². The predicted octanol–water partition coefficient (Wildman–Crippen LogP) is 1.39. The van der Waals surface area contributed by atoms with E-state index in [1.165, 1.54) is 12.8 Å². The number of nitrogens with two attached hydrogens (primary N) is 1. The SMILES string of the molecule is C=C(CN)CN1CCCC(OCCC)C1. The Labute approximate surface area is 93.3 Å². The molecule has 1 aliphatic heterocycles. The zero-order valence-electron chi connectivity index (χ0n) is 9.87. The molecule has 1 atom stereocenters. The Kier molecular flexibility index (Phi) is 5.91. The van der Waals surface area contributed by atoms with Crippen LogP contribution in [0.25, 0.3) is 0 Å². The van der Waals surface area contributed by atoms with Gasteiger partial charge in [-0.2, -0.15) is 0 Å².